The number of alkyl halides is 3. The van der Waals surface area contributed by atoms with E-state index in [1.807, 2.05) is 11.0 Å². The van der Waals surface area contributed by atoms with Crippen molar-refractivity contribution in [2.75, 3.05) is 31.1 Å². The number of amides is 1. The van der Waals surface area contributed by atoms with Crippen LogP contribution in [0.15, 0.2) is 48.5 Å². The molecule has 8 heteroatoms. The molecule has 0 aliphatic carbocycles. The fourth-order valence-electron chi connectivity index (χ4n) is 3.36. The largest absolute Gasteiger partial charge is 0.416 e. The molecule has 1 fully saturated rings. The summed E-state index contributed by atoms with van der Waals surface area (Å²) >= 11 is 0. The SMILES string of the molecule is N#Cc1ccc(CC(N)C(=O)N2CCN(c3cccc(C(F)(F)F)c3)CC2)cc1. The third-order valence-corrected chi connectivity index (χ3v) is 4.99. The highest BCUT2D eigenvalue weighted by Gasteiger charge is 2.31. The lowest BCUT2D eigenvalue weighted by atomic mass is 10.0. The predicted octanol–water partition coefficient (Wildman–Crippen LogP) is 2.80. The maximum Gasteiger partial charge on any atom is 0.416 e. The van der Waals surface area contributed by atoms with Gasteiger partial charge in [0.2, 0.25) is 5.91 Å². The number of hydrogen-bond acceptors (Lipinski definition) is 4. The molecule has 1 amide bonds. The van der Waals surface area contributed by atoms with Crippen LogP contribution in [0.5, 0.6) is 0 Å². The minimum absolute atomic E-state index is 0.182. The Balaban J connectivity index is 1.57. The first-order valence-corrected chi connectivity index (χ1v) is 9.23. The van der Waals surface area contributed by atoms with Gasteiger partial charge in [0, 0.05) is 31.9 Å². The first-order chi connectivity index (χ1) is 13.8. The van der Waals surface area contributed by atoms with Crippen molar-refractivity contribution in [3.63, 3.8) is 0 Å². The van der Waals surface area contributed by atoms with Gasteiger partial charge in [0.1, 0.15) is 0 Å². The summed E-state index contributed by atoms with van der Waals surface area (Å²) in [6.07, 6.45) is -4.02. The molecule has 0 saturated carbocycles. The summed E-state index contributed by atoms with van der Waals surface area (Å²) in [5.41, 5.74) is 7.29. The van der Waals surface area contributed by atoms with Crippen molar-refractivity contribution in [1.82, 2.24) is 4.90 Å². The van der Waals surface area contributed by atoms with E-state index in [2.05, 4.69) is 0 Å². The lowest BCUT2D eigenvalue weighted by Crippen LogP contribution is -2.53. The first-order valence-electron chi connectivity index (χ1n) is 9.23. The van der Waals surface area contributed by atoms with Gasteiger partial charge in [-0.15, -0.1) is 0 Å². The van der Waals surface area contributed by atoms with E-state index in [1.54, 1.807) is 35.2 Å². The van der Waals surface area contributed by atoms with E-state index in [1.165, 1.54) is 6.07 Å². The molecule has 1 heterocycles. The number of nitriles is 1. The van der Waals surface area contributed by atoms with E-state index < -0.39 is 17.8 Å². The van der Waals surface area contributed by atoms with Crippen LogP contribution < -0.4 is 10.6 Å². The summed E-state index contributed by atoms with van der Waals surface area (Å²) in [7, 11) is 0. The van der Waals surface area contributed by atoms with Crippen LogP contribution >= 0.6 is 0 Å². The molecule has 152 valence electrons. The lowest BCUT2D eigenvalue weighted by molar-refractivity contribution is -0.137. The van der Waals surface area contributed by atoms with Gasteiger partial charge >= 0.3 is 6.18 Å². The van der Waals surface area contributed by atoms with Crippen LogP contribution in [0, 0.1) is 11.3 Å². The second kappa shape index (κ2) is 8.53. The highest BCUT2D eigenvalue weighted by Crippen LogP contribution is 2.31. The summed E-state index contributed by atoms with van der Waals surface area (Å²) in [5.74, 6) is -0.182. The molecule has 5 nitrogen and oxygen atoms in total. The molecule has 2 aromatic rings. The number of carbonyl (C=O) groups excluding carboxylic acids is 1. The standard InChI is InChI=1S/C21H21F3N4O/c22-21(23,24)17-2-1-3-18(13-17)27-8-10-28(11-9-27)20(29)19(26)12-15-4-6-16(14-25)7-5-15/h1-7,13,19H,8-12,26H2. The molecule has 1 saturated heterocycles. The Morgan fingerprint density at radius 3 is 2.34 bits per heavy atom. The van der Waals surface area contributed by atoms with Gasteiger partial charge in [-0.1, -0.05) is 18.2 Å². The summed E-state index contributed by atoms with van der Waals surface area (Å²) in [6, 6.07) is 13.5. The Morgan fingerprint density at radius 1 is 1.10 bits per heavy atom. The number of anilines is 1. The lowest BCUT2D eigenvalue weighted by Gasteiger charge is -2.37. The molecule has 1 unspecified atom stereocenters. The molecule has 0 aromatic heterocycles. The smallest absolute Gasteiger partial charge is 0.368 e. The molecule has 0 bridgehead atoms. The first kappa shape index (κ1) is 20.7. The van der Waals surface area contributed by atoms with Gasteiger partial charge in [-0.2, -0.15) is 18.4 Å². The summed E-state index contributed by atoms with van der Waals surface area (Å²) in [5, 5.41) is 8.83. The van der Waals surface area contributed by atoms with Gasteiger partial charge in [0.15, 0.2) is 0 Å². The summed E-state index contributed by atoms with van der Waals surface area (Å²) < 4.78 is 38.7. The van der Waals surface area contributed by atoms with Gasteiger partial charge < -0.3 is 15.5 Å². The van der Waals surface area contributed by atoms with Crippen LogP contribution in [0.25, 0.3) is 0 Å². The number of nitrogens with two attached hydrogens (primary N) is 1. The van der Waals surface area contributed by atoms with E-state index in [9.17, 15) is 18.0 Å². The van der Waals surface area contributed by atoms with Crippen LogP contribution in [0.2, 0.25) is 0 Å². The van der Waals surface area contributed by atoms with Gasteiger partial charge in [0.25, 0.3) is 0 Å². The number of carbonyl (C=O) groups is 1. The van der Waals surface area contributed by atoms with E-state index >= 15 is 0 Å². The zero-order chi connectivity index (χ0) is 21.0. The molecule has 2 aromatic carbocycles. The fourth-order valence-corrected chi connectivity index (χ4v) is 3.36. The molecular formula is C21H21F3N4O. The number of hydrogen-bond donors (Lipinski definition) is 1. The molecule has 1 aliphatic heterocycles. The second-order valence-electron chi connectivity index (χ2n) is 6.98. The fraction of sp³-hybridized carbons (Fsp3) is 0.333. The molecule has 1 atom stereocenters. The predicted molar refractivity (Wildman–Crippen MR) is 103 cm³/mol. The maximum absolute atomic E-state index is 12.9. The van der Waals surface area contributed by atoms with Crippen molar-refractivity contribution in [3.05, 3.63) is 65.2 Å². The van der Waals surface area contributed by atoms with Crippen LogP contribution in [0.1, 0.15) is 16.7 Å². The molecule has 0 radical (unpaired) electrons. The molecule has 29 heavy (non-hydrogen) atoms. The summed E-state index contributed by atoms with van der Waals surface area (Å²) in [6.45, 7) is 1.68. The molecule has 2 N–H and O–H groups in total. The van der Waals surface area contributed by atoms with Crippen LogP contribution in [0.4, 0.5) is 18.9 Å². The molecular weight excluding hydrogens is 381 g/mol. The number of halogens is 3. The Bertz CT molecular complexity index is 897. The van der Waals surface area contributed by atoms with Gasteiger partial charge in [-0.05, 0) is 42.3 Å². The zero-order valence-corrected chi connectivity index (χ0v) is 15.7. The van der Waals surface area contributed by atoms with Crippen molar-refractivity contribution in [3.8, 4) is 6.07 Å². The van der Waals surface area contributed by atoms with Gasteiger partial charge in [0.05, 0.1) is 23.2 Å². The normalized spacial score (nSPS) is 15.7. The molecule has 0 spiro atoms. The van der Waals surface area contributed by atoms with Crippen molar-refractivity contribution < 1.29 is 18.0 Å². The van der Waals surface area contributed by atoms with Gasteiger partial charge in [-0.3, -0.25) is 4.79 Å². The summed E-state index contributed by atoms with van der Waals surface area (Å²) in [4.78, 5) is 16.1. The van der Waals surface area contributed by atoms with Crippen molar-refractivity contribution in [2.45, 2.75) is 18.6 Å². The quantitative estimate of drug-likeness (QED) is 0.854. The van der Waals surface area contributed by atoms with E-state index in [-0.39, 0.29) is 5.91 Å². The van der Waals surface area contributed by atoms with E-state index in [0.717, 1.165) is 17.7 Å². The minimum Gasteiger partial charge on any atom is -0.368 e. The Kier molecular flexibility index (Phi) is 6.09. The maximum atomic E-state index is 12.9. The topological polar surface area (TPSA) is 73.4 Å². The average Bonchev–Trinajstić information content (AvgIpc) is 2.73. The Morgan fingerprint density at radius 2 is 1.76 bits per heavy atom. The highest BCUT2D eigenvalue weighted by atomic mass is 19.4. The number of piperazine rings is 1. The monoisotopic (exact) mass is 402 g/mol. The van der Waals surface area contributed by atoms with Crippen molar-refractivity contribution >= 4 is 11.6 Å². The van der Waals surface area contributed by atoms with Crippen LogP contribution in [0.3, 0.4) is 0 Å². The number of rotatable bonds is 4. The molecule has 1 aliphatic rings. The average molecular weight is 402 g/mol. The van der Waals surface area contributed by atoms with Crippen molar-refractivity contribution in [1.29, 1.82) is 5.26 Å². The highest BCUT2D eigenvalue weighted by molar-refractivity contribution is 5.82. The second-order valence-corrected chi connectivity index (χ2v) is 6.98. The number of nitrogens with zero attached hydrogens (tertiary/aromatic N) is 3. The van der Waals surface area contributed by atoms with E-state index in [0.29, 0.717) is 43.9 Å². The van der Waals surface area contributed by atoms with Crippen molar-refractivity contribution in [2.24, 2.45) is 5.73 Å². The van der Waals surface area contributed by atoms with Crippen LogP contribution in [-0.2, 0) is 17.4 Å². The minimum atomic E-state index is -4.38. The zero-order valence-electron chi connectivity index (χ0n) is 15.7. The van der Waals surface area contributed by atoms with Gasteiger partial charge in [-0.25, -0.2) is 0 Å². The number of benzene rings is 2. The Hall–Kier alpha value is -3.05. The Labute approximate surface area is 167 Å². The third kappa shape index (κ3) is 5.06. The third-order valence-electron chi connectivity index (χ3n) is 4.99. The van der Waals surface area contributed by atoms with Crippen LogP contribution in [-0.4, -0.2) is 43.0 Å². The van der Waals surface area contributed by atoms with E-state index in [4.69, 9.17) is 11.0 Å². The molecule has 3 rings (SSSR count).